The number of likely N-dealkylation sites (tertiary alicyclic amines) is 1. The molecule has 0 spiro atoms. The van der Waals surface area contributed by atoms with Crippen molar-refractivity contribution in [2.24, 2.45) is 0 Å². The number of aromatic nitrogens is 3. The number of rotatable bonds is 5. The molecule has 0 saturated carbocycles. The van der Waals surface area contributed by atoms with Crippen molar-refractivity contribution in [2.75, 3.05) is 32.1 Å². The van der Waals surface area contributed by atoms with Crippen molar-refractivity contribution in [2.45, 2.75) is 25.4 Å². The molecule has 6 heteroatoms. The number of nitrogens with one attached hydrogen (secondary N) is 1. The van der Waals surface area contributed by atoms with Crippen molar-refractivity contribution in [3.8, 4) is 5.88 Å². The molecule has 1 saturated heterocycles. The minimum Gasteiger partial charge on any atom is -0.481 e. The molecule has 1 aliphatic rings. The van der Waals surface area contributed by atoms with E-state index in [1.807, 2.05) is 6.20 Å². The van der Waals surface area contributed by atoms with E-state index in [-0.39, 0.29) is 0 Å². The highest BCUT2D eigenvalue weighted by Crippen LogP contribution is 2.22. The van der Waals surface area contributed by atoms with Crippen LogP contribution in [0.15, 0.2) is 42.7 Å². The topological polar surface area (TPSA) is 57.3 Å². The largest absolute Gasteiger partial charge is 0.481 e. The second-order valence-electron chi connectivity index (χ2n) is 6.94. The Bertz CT molecular complexity index is 877. The summed E-state index contributed by atoms with van der Waals surface area (Å²) in [6, 6.07) is 11.0. The van der Waals surface area contributed by atoms with Gasteiger partial charge in [0.1, 0.15) is 0 Å². The highest BCUT2D eigenvalue weighted by atomic mass is 16.5. The standard InChI is InChI=1S/C20H25N5O/c1-24(20-22-10-8-19(23-20)26-2)17-4-3-11-25(14-17)13-15-5-6-18-16(12-15)7-9-21-18/h5-10,12,17,21H,3-4,11,13-14H2,1-2H3. The number of hydrogen-bond donors (Lipinski definition) is 1. The number of methoxy groups -OCH3 is 1. The van der Waals surface area contributed by atoms with Gasteiger partial charge in [0, 0.05) is 50.2 Å². The van der Waals surface area contributed by atoms with E-state index in [0.29, 0.717) is 11.9 Å². The summed E-state index contributed by atoms with van der Waals surface area (Å²) in [6.07, 6.45) is 6.09. The molecular formula is C20H25N5O. The van der Waals surface area contributed by atoms with Crippen LogP contribution in [0.25, 0.3) is 10.9 Å². The molecule has 3 heterocycles. The molecule has 4 rings (SSSR count). The van der Waals surface area contributed by atoms with Crippen LogP contribution in [0.1, 0.15) is 18.4 Å². The first-order valence-corrected chi connectivity index (χ1v) is 9.11. The average molecular weight is 351 g/mol. The van der Waals surface area contributed by atoms with E-state index >= 15 is 0 Å². The molecular weight excluding hydrogens is 326 g/mol. The predicted octanol–water partition coefficient (Wildman–Crippen LogP) is 3.07. The van der Waals surface area contributed by atoms with Gasteiger partial charge in [-0.15, -0.1) is 0 Å². The van der Waals surface area contributed by atoms with Gasteiger partial charge in [-0.25, -0.2) is 4.98 Å². The van der Waals surface area contributed by atoms with Crippen LogP contribution in [0.4, 0.5) is 5.95 Å². The first-order chi connectivity index (χ1) is 12.7. The Morgan fingerprint density at radius 3 is 3.12 bits per heavy atom. The summed E-state index contributed by atoms with van der Waals surface area (Å²) in [5.41, 5.74) is 2.55. The van der Waals surface area contributed by atoms with Crippen LogP contribution in [0, 0.1) is 0 Å². The van der Waals surface area contributed by atoms with E-state index in [9.17, 15) is 0 Å². The van der Waals surface area contributed by atoms with Gasteiger partial charge < -0.3 is 14.6 Å². The molecule has 0 aliphatic carbocycles. The van der Waals surface area contributed by atoms with Gasteiger partial charge in [-0.05, 0) is 48.5 Å². The monoisotopic (exact) mass is 351 g/mol. The Morgan fingerprint density at radius 1 is 1.31 bits per heavy atom. The van der Waals surface area contributed by atoms with E-state index in [2.05, 4.69) is 56.1 Å². The Morgan fingerprint density at radius 2 is 2.23 bits per heavy atom. The molecule has 1 unspecified atom stereocenters. The summed E-state index contributed by atoms with van der Waals surface area (Å²) < 4.78 is 5.23. The van der Waals surface area contributed by atoms with Gasteiger partial charge >= 0.3 is 0 Å². The van der Waals surface area contributed by atoms with Gasteiger partial charge in [0.2, 0.25) is 11.8 Å². The molecule has 6 nitrogen and oxygen atoms in total. The number of ether oxygens (including phenoxy) is 1. The fraction of sp³-hybridized carbons (Fsp3) is 0.400. The lowest BCUT2D eigenvalue weighted by Gasteiger charge is -2.37. The van der Waals surface area contributed by atoms with Crippen LogP contribution >= 0.6 is 0 Å². The van der Waals surface area contributed by atoms with E-state index in [1.54, 1.807) is 19.4 Å². The zero-order valence-corrected chi connectivity index (χ0v) is 15.4. The molecule has 26 heavy (non-hydrogen) atoms. The highest BCUT2D eigenvalue weighted by molar-refractivity contribution is 5.79. The third-order valence-corrected chi connectivity index (χ3v) is 5.19. The average Bonchev–Trinajstić information content (AvgIpc) is 3.15. The van der Waals surface area contributed by atoms with Crippen molar-refractivity contribution < 1.29 is 4.74 Å². The van der Waals surface area contributed by atoms with Crippen molar-refractivity contribution in [3.63, 3.8) is 0 Å². The van der Waals surface area contributed by atoms with E-state index in [1.165, 1.54) is 22.9 Å². The number of benzene rings is 1. The summed E-state index contributed by atoms with van der Waals surface area (Å²) in [6.45, 7) is 3.13. The quantitative estimate of drug-likeness (QED) is 0.766. The van der Waals surface area contributed by atoms with Crippen LogP contribution in [0.5, 0.6) is 5.88 Å². The maximum Gasteiger partial charge on any atom is 0.228 e. The molecule has 0 bridgehead atoms. The smallest absolute Gasteiger partial charge is 0.228 e. The van der Waals surface area contributed by atoms with Gasteiger partial charge in [0.25, 0.3) is 0 Å². The van der Waals surface area contributed by atoms with E-state index in [4.69, 9.17) is 4.74 Å². The number of anilines is 1. The molecule has 2 aromatic heterocycles. The lowest BCUT2D eigenvalue weighted by Crippen LogP contribution is -2.46. The molecule has 1 N–H and O–H groups in total. The fourth-order valence-electron chi connectivity index (χ4n) is 3.73. The number of fused-ring (bicyclic) bond motifs is 1. The minimum absolute atomic E-state index is 0.409. The van der Waals surface area contributed by atoms with Crippen LogP contribution in [0.2, 0.25) is 0 Å². The molecule has 3 aromatic rings. The van der Waals surface area contributed by atoms with Crippen molar-refractivity contribution in [1.82, 2.24) is 19.9 Å². The first kappa shape index (κ1) is 16.8. The zero-order chi connectivity index (χ0) is 17.9. The van der Waals surface area contributed by atoms with Crippen molar-refractivity contribution in [1.29, 1.82) is 0 Å². The number of H-pyrrole nitrogens is 1. The first-order valence-electron chi connectivity index (χ1n) is 9.11. The molecule has 136 valence electrons. The third-order valence-electron chi connectivity index (χ3n) is 5.19. The summed E-state index contributed by atoms with van der Waals surface area (Å²) >= 11 is 0. The summed E-state index contributed by atoms with van der Waals surface area (Å²) in [5, 5.41) is 1.28. The minimum atomic E-state index is 0.409. The molecule has 0 amide bonds. The third kappa shape index (κ3) is 3.51. The summed E-state index contributed by atoms with van der Waals surface area (Å²) in [4.78, 5) is 16.9. The predicted molar refractivity (Wildman–Crippen MR) is 104 cm³/mol. The Balaban J connectivity index is 1.44. The van der Waals surface area contributed by atoms with Crippen LogP contribution in [-0.4, -0.2) is 53.1 Å². The maximum absolute atomic E-state index is 5.23. The Labute approximate surface area is 153 Å². The summed E-state index contributed by atoms with van der Waals surface area (Å²) in [5.74, 6) is 1.33. The SMILES string of the molecule is COc1ccnc(N(C)C2CCCN(Cc3ccc4[nH]ccc4c3)C2)n1. The normalized spacial score (nSPS) is 18.2. The molecule has 1 fully saturated rings. The molecule has 1 atom stereocenters. The van der Waals surface area contributed by atoms with Crippen molar-refractivity contribution >= 4 is 16.9 Å². The molecule has 1 aromatic carbocycles. The van der Waals surface area contributed by atoms with Gasteiger partial charge in [0.05, 0.1) is 7.11 Å². The summed E-state index contributed by atoms with van der Waals surface area (Å²) in [7, 11) is 3.71. The second-order valence-corrected chi connectivity index (χ2v) is 6.94. The van der Waals surface area contributed by atoms with Gasteiger partial charge in [-0.1, -0.05) is 6.07 Å². The highest BCUT2D eigenvalue weighted by Gasteiger charge is 2.25. The van der Waals surface area contributed by atoms with Crippen LogP contribution in [-0.2, 0) is 6.54 Å². The number of aromatic amines is 1. The van der Waals surface area contributed by atoms with Gasteiger partial charge in [-0.2, -0.15) is 4.98 Å². The lowest BCUT2D eigenvalue weighted by molar-refractivity contribution is 0.198. The van der Waals surface area contributed by atoms with Gasteiger partial charge in [-0.3, -0.25) is 4.90 Å². The Kier molecular flexibility index (Phi) is 4.75. The number of nitrogens with zero attached hydrogens (tertiary/aromatic N) is 4. The maximum atomic E-state index is 5.23. The second kappa shape index (κ2) is 7.33. The van der Waals surface area contributed by atoms with E-state index in [0.717, 1.165) is 32.0 Å². The fourth-order valence-corrected chi connectivity index (χ4v) is 3.73. The lowest BCUT2D eigenvalue weighted by atomic mass is 10.0. The molecule has 0 radical (unpaired) electrons. The zero-order valence-electron chi connectivity index (χ0n) is 15.4. The number of piperidine rings is 1. The molecule has 1 aliphatic heterocycles. The number of likely N-dealkylation sites (N-methyl/N-ethyl adjacent to an activating group) is 1. The number of hydrogen-bond acceptors (Lipinski definition) is 5. The van der Waals surface area contributed by atoms with Crippen molar-refractivity contribution in [3.05, 3.63) is 48.3 Å². The van der Waals surface area contributed by atoms with Crippen LogP contribution < -0.4 is 9.64 Å². The Hall–Kier alpha value is -2.60. The van der Waals surface area contributed by atoms with Gasteiger partial charge in [0.15, 0.2) is 0 Å². The van der Waals surface area contributed by atoms with E-state index < -0.39 is 0 Å². The van der Waals surface area contributed by atoms with Crippen LogP contribution in [0.3, 0.4) is 0 Å².